The zero-order chi connectivity index (χ0) is 9.42. The minimum Gasteiger partial charge on any atom is -0.328 e. The molecule has 2 rings (SSSR count). The Balaban J connectivity index is 2.08. The summed E-state index contributed by atoms with van der Waals surface area (Å²) in [6.07, 6.45) is 1.24. The highest BCUT2D eigenvalue weighted by Gasteiger charge is 2.40. The van der Waals surface area contributed by atoms with E-state index in [9.17, 15) is 0 Å². The van der Waals surface area contributed by atoms with E-state index in [0.29, 0.717) is 17.9 Å². The molecule has 3 atom stereocenters. The summed E-state index contributed by atoms with van der Waals surface area (Å²) in [7, 11) is 0. The van der Waals surface area contributed by atoms with Crippen LogP contribution in [-0.2, 0) is 0 Å². The number of nitrogens with two attached hydrogens (primary N) is 1. The maximum absolute atomic E-state index is 5.83. The molecule has 1 saturated carbocycles. The van der Waals surface area contributed by atoms with Gasteiger partial charge in [0, 0.05) is 11.1 Å². The molecule has 0 aromatic heterocycles. The van der Waals surface area contributed by atoms with Crippen LogP contribution in [0.1, 0.15) is 24.8 Å². The molecule has 2 heteroatoms. The molecular formula is C11H14ClN. The van der Waals surface area contributed by atoms with E-state index in [-0.39, 0.29) is 0 Å². The Morgan fingerprint density at radius 2 is 2.00 bits per heavy atom. The largest absolute Gasteiger partial charge is 0.328 e. The van der Waals surface area contributed by atoms with Crippen LogP contribution in [0.5, 0.6) is 0 Å². The molecule has 0 aliphatic heterocycles. The summed E-state index contributed by atoms with van der Waals surface area (Å²) in [5, 5.41) is 0.807. The molecule has 0 amide bonds. The van der Waals surface area contributed by atoms with Gasteiger partial charge in [-0.2, -0.15) is 0 Å². The third kappa shape index (κ3) is 1.87. The molecule has 13 heavy (non-hydrogen) atoms. The van der Waals surface area contributed by atoms with Crippen molar-refractivity contribution in [2.75, 3.05) is 0 Å². The minimum atomic E-state index is 0.320. The number of halogens is 1. The topological polar surface area (TPSA) is 26.0 Å². The van der Waals surface area contributed by atoms with E-state index in [1.165, 1.54) is 12.0 Å². The molecule has 0 saturated heterocycles. The molecule has 1 aromatic carbocycles. The smallest absolute Gasteiger partial charge is 0.0406 e. The molecule has 2 N–H and O–H groups in total. The summed E-state index contributed by atoms with van der Waals surface area (Å²) in [5.74, 6) is 1.36. The van der Waals surface area contributed by atoms with Gasteiger partial charge in [-0.05, 0) is 42.9 Å². The summed E-state index contributed by atoms with van der Waals surface area (Å²) >= 11 is 5.81. The Morgan fingerprint density at radius 1 is 1.38 bits per heavy atom. The molecular weight excluding hydrogens is 182 g/mol. The van der Waals surface area contributed by atoms with Crippen LogP contribution in [0.3, 0.4) is 0 Å². The normalized spacial score (nSPS) is 28.5. The molecule has 1 aliphatic rings. The van der Waals surface area contributed by atoms with Crippen molar-refractivity contribution < 1.29 is 0 Å². The van der Waals surface area contributed by atoms with Gasteiger partial charge in [-0.15, -0.1) is 0 Å². The second-order valence-electron chi connectivity index (χ2n) is 3.92. The monoisotopic (exact) mass is 195 g/mol. The number of hydrogen-bond acceptors (Lipinski definition) is 1. The lowest BCUT2D eigenvalue weighted by atomic mass is 10.1. The Bertz CT molecular complexity index is 291. The fourth-order valence-electron chi connectivity index (χ4n) is 1.89. The van der Waals surface area contributed by atoms with Gasteiger partial charge in [0.25, 0.3) is 0 Å². The summed E-state index contributed by atoms with van der Waals surface area (Å²) in [6, 6.07) is 8.44. The first-order valence-corrected chi connectivity index (χ1v) is 5.07. The van der Waals surface area contributed by atoms with Gasteiger partial charge >= 0.3 is 0 Å². The van der Waals surface area contributed by atoms with E-state index in [4.69, 9.17) is 17.3 Å². The predicted octanol–water partition coefficient (Wildman–Crippen LogP) is 2.79. The summed E-state index contributed by atoms with van der Waals surface area (Å²) in [5.41, 5.74) is 7.21. The van der Waals surface area contributed by atoms with Crippen LogP contribution in [0.2, 0.25) is 5.02 Å². The molecule has 70 valence electrons. The van der Waals surface area contributed by atoms with Gasteiger partial charge in [0.1, 0.15) is 0 Å². The predicted molar refractivity (Wildman–Crippen MR) is 55.9 cm³/mol. The molecule has 0 unspecified atom stereocenters. The Morgan fingerprint density at radius 3 is 2.46 bits per heavy atom. The van der Waals surface area contributed by atoms with E-state index in [2.05, 4.69) is 19.1 Å². The van der Waals surface area contributed by atoms with Gasteiger partial charge in [-0.1, -0.05) is 23.7 Å². The second-order valence-corrected chi connectivity index (χ2v) is 4.35. The van der Waals surface area contributed by atoms with Crippen LogP contribution in [0, 0.1) is 5.92 Å². The van der Waals surface area contributed by atoms with Crippen LogP contribution in [0.4, 0.5) is 0 Å². The highest BCUT2D eigenvalue weighted by Crippen LogP contribution is 2.48. The Labute approximate surface area is 83.9 Å². The van der Waals surface area contributed by atoms with Crippen LogP contribution in [0.15, 0.2) is 24.3 Å². The maximum atomic E-state index is 5.83. The van der Waals surface area contributed by atoms with Gasteiger partial charge in [-0.3, -0.25) is 0 Å². The molecule has 0 bridgehead atoms. The SMILES string of the molecule is C[C@@H](N)[C@@H]1C[C@@H]1c1ccc(Cl)cc1. The van der Waals surface area contributed by atoms with Gasteiger partial charge in [-0.25, -0.2) is 0 Å². The average Bonchev–Trinajstić information content (AvgIpc) is 2.85. The number of hydrogen-bond donors (Lipinski definition) is 1. The number of benzene rings is 1. The lowest BCUT2D eigenvalue weighted by Crippen LogP contribution is -2.17. The van der Waals surface area contributed by atoms with E-state index in [1.54, 1.807) is 0 Å². The van der Waals surface area contributed by atoms with Gasteiger partial charge < -0.3 is 5.73 Å². The molecule has 1 fully saturated rings. The lowest BCUT2D eigenvalue weighted by molar-refractivity contribution is 0.631. The van der Waals surface area contributed by atoms with Crippen LogP contribution in [-0.4, -0.2) is 6.04 Å². The van der Waals surface area contributed by atoms with Crippen LogP contribution >= 0.6 is 11.6 Å². The van der Waals surface area contributed by atoms with Crippen molar-refractivity contribution in [1.82, 2.24) is 0 Å². The fraction of sp³-hybridized carbons (Fsp3) is 0.455. The molecule has 0 radical (unpaired) electrons. The van der Waals surface area contributed by atoms with Gasteiger partial charge in [0.05, 0.1) is 0 Å². The van der Waals surface area contributed by atoms with Crippen molar-refractivity contribution in [3.8, 4) is 0 Å². The van der Waals surface area contributed by atoms with E-state index < -0.39 is 0 Å². The molecule has 1 aromatic rings. The summed E-state index contributed by atoms with van der Waals surface area (Å²) in [6.45, 7) is 2.08. The standard InChI is InChI=1S/C11H14ClN/c1-7(13)10-6-11(10)8-2-4-9(12)5-3-8/h2-5,7,10-11H,6,13H2,1H3/t7-,10+,11-/m1/s1. The highest BCUT2D eigenvalue weighted by atomic mass is 35.5. The third-order valence-electron chi connectivity index (χ3n) is 2.81. The Kier molecular flexibility index (Phi) is 2.31. The van der Waals surface area contributed by atoms with Gasteiger partial charge in [0.15, 0.2) is 0 Å². The molecule has 0 heterocycles. The first-order valence-electron chi connectivity index (χ1n) is 4.69. The van der Waals surface area contributed by atoms with Crippen LogP contribution < -0.4 is 5.73 Å². The minimum absolute atomic E-state index is 0.320. The third-order valence-corrected chi connectivity index (χ3v) is 3.07. The number of rotatable bonds is 2. The van der Waals surface area contributed by atoms with Crippen molar-refractivity contribution in [3.05, 3.63) is 34.9 Å². The zero-order valence-corrected chi connectivity index (χ0v) is 8.46. The van der Waals surface area contributed by atoms with Crippen molar-refractivity contribution >= 4 is 11.6 Å². The van der Waals surface area contributed by atoms with Crippen molar-refractivity contribution in [2.24, 2.45) is 11.7 Å². The fourth-order valence-corrected chi connectivity index (χ4v) is 2.01. The zero-order valence-electron chi connectivity index (χ0n) is 7.70. The first-order chi connectivity index (χ1) is 6.18. The maximum Gasteiger partial charge on any atom is 0.0406 e. The van der Waals surface area contributed by atoms with Crippen LogP contribution in [0.25, 0.3) is 0 Å². The van der Waals surface area contributed by atoms with E-state index >= 15 is 0 Å². The van der Waals surface area contributed by atoms with E-state index in [1.807, 2.05) is 12.1 Å². The highest BCUT2D eigenvalue weighted by molar-refractivity contribution is 6.30. The molecule has 1 nitrogen and oxygen atoms in total. The Hall–Kier alpha value is -0.530. The summed E-state index contributed by atoms with van der Waals surface area (Å²) < 4.78 is 0. The van der Waals surface area contributed by atoms with Crippen molar-refractivity contribution in [1.29, 1.82) is 0 Å². The molecule has 0 spiro atoms. The van der Waals surface area contributed by atoms with Crippen molar-refractivity contribution in [3.63, 3.8) is 0 Å². The molecule has 1 aliphatic carbocycles. The van der Waals surface area contributed by atoms with Gasteiger partial charge in [0.2, 0.25) is 0 Å². The quantitative estimate of drug-likeness (QED) is 0.772. The summed E-state index contributed by atoms with van der Waals surface area (Å²) in [4.78, 5) is 0. The first kappa shape index (κ1) is 9.04. The second kappa shape index (κ2) is 3.32. The van der Waals surface area contributed by atoms with Crippen molar-refractivity contribution in [2.45, 2.75) is 25.3 Å². The van der Waals surface area contributed by atoms with E-state index in [0.717, 1.165) is 5.02 Å². The lowest BCUT2D eigenvalue weighted by Gasteiger charge is -2.03. The average molecular weight is 196 g/mol.